The quantitative estimate of drug-likeness (QED) is 0.547. The molecule has 0 aromatic heterocycles. The fourth-order valence-electron chi connectivity index (χ4n) is 3.62. The van der Waals surface area contributed by atoms with Gasteiger partial charge in [-0.3, -0.25) is 4.18 Å². The Morgan fingerprint density at radius 3 is 2.32 bits per heavy atom. The topological polar surface area (TPSA) is 43.4 Å². The van der Waals surface area contributed by atoms with E-state index >= 15 is 0 Å². The first-order chi connectivity index (χ1) is 11.9. The molecule has 0 radical (unpaired) electrons. The van der Waals surface area contributed by atoms with Crippen molar-refractivity contribution in [3.05, 3.63) is 66.2 Å². The third kappa shape index (κ3) is 4.59. The van der Waals surface area contributed by atoms with E-state index in [1.165, 1.54) is 5.30 Å². The van der Waals surface area contributed by atoms with Gasteiger partial charge < -0.3 is 0 Å². The highest BCUT2D eigenvalue weighted by molar-refractivity contribution is 8.18. The van der Waals surface area contributed by atoms with Gasteiger partial charge in [0.2, 0.25) is 0 Å². The second-order valence-corrected chi connectivity index (χ2v) is 13.4. The second-order valence-electron chi connectivity index (χ2n) is 6.59. The Morgan fingerprint density at radius 2 is 1.72 bits per heavy atom. The minimum absolute atomic E-state index is 0.317. The normalized spacial score (nSPS) is 24.9. The van der Waals surface area contributed by atoms with Gasteiger partial charge in [0, 0.05) is 0 Å². The van der Waals surface area contributed by atoms with E-state index < -0.39 is 22.3 Å². The van der Waals surface area contributed by atoms with Gasteiger partial charge in [-0.25, -0.2) is 0 Å². The van der Waals surface area contributed by atoms with Crippen molar-refractivity contribution in [3.63, 3.8) is 0 Å². The lowest BCUT2D eigenvalue weighted by atomic mass is 10.0. The highest BCUT2D eigenvalue weighted by Crippen LogP contribution is 2.59. The van der Waals surface area contributed by atoms with Crippen molar-refractivity contribution < 1.29 is 12.6 Å². The Kier molecular flexibility index (Phi) is 5.79. The van der Waals surface area contributed by atoms with E-state index in [2.05, 4.69) is 12.1 Å². The molecule has 0 N–H and O–H groups in total. The number of hydrogen-bond acceptors (Lipinski definition) is 4. The van der Waals surface area contributed by atoms with E-state index in [0.29, 0.717) is 12.1 Å². The molecule has 1 aliphatic rings. The van der Waals surface area contributed by atoms with Crippen LogP contribution >= 0.6 is 6.04 Å². The van der Waals surface area contributed by atoms with Gasteiger partial charge in [-0.2, -0.15) is 8.42 Å². The van der Waals surface area contributed by atoms with E-state index in [1.807, 2.05) is 48.5 Å². The molecule has 0 saturated carbocycles. The van der Waals surface area contributed by atoms with Crippen LogP contribution in [0.4, 0.5) is 0 Å². The maximum atomic E-state index is 11.8. The van der Waals surface area contributed by atoms with Gasteiger partial charge in [-0.1, -0.05) is 72.5 Å². The molecule has 2 aromatic carbocycles. The Bertz CT molecular complexity index is 851. The lowest BCUT2D eigenvalue weighted by molar-refractivity contribution is 0.203. The van der Waals surface area contributed by atoms with Crippen molar-refractivity contribution in [3.8, 4) is 0 Å². The van der Waals surface area contributed by atoms with E-state index in [0.717, 1.165) is 30.8 Å². The lowest BCUT2D eigenvalue weighted by Gasteiger charge is -2.28. The van der Waals surface area contributed by atoms with Crippen molar-refractivity contribution in [1.82, 2.24) is 0 Å². The fraction of sp³-hybridized carbons (Fsp3) is 0.368. The van der Waals surface area contributed by atoms with Crippen molar-refractivity contribution in [2.75, 3.05) is 12.4 Å². The second kappa shape index (κ2) is 7.71. The number of rotatable bonds is 6. The fourth-order valence-corrected chi connectivity index (χ4v) is 9.06. The molecule has 3 atom stereocenters. The molecule has 0 spiro atoms. The van der Waals surface area contributed by atoms with Crippen molar-refractivity contribution >= 4 is 33.3 Å². The molecule has 1 fully saturated rings. The summed E-state index contributed by atoms with van der Waals surface area (Å²) < 4.78 is 29.0. The molecule has 3 rings (SSSR count). The van der Waals surface area contributed by atoms with Gasteiger partial charge in [0.25, 0.3) is 10.1 Å². The predicted octanol–water partition coefficient (Wildman–Crippen LogP) is 4.06. The van der Waals surface area contributed by atoms with Gasteiger partial charge in [0.1, 0.15) is 6.10 Å². The number of hydrogen-bond donors (Lipinski definition) is 0. The average molecular weight is 394 g/mol. The summed E-state index contributed by atoms with van der Waals surface area (Å²) in [6.45, 7) is 0. The van der Waals surface area contributed by atoms with Crippen LogP contribution in [0.1, 0.15) is 30.9 Å². The van der Waals surface area contributed by atoms with E-state index in [-0.39, 0.29) is 0 Å². The van der Waals surface area contributed by atoms with Crippen molar-refractivity contribution in [1.29, 1.82) is 0 Å². The summed E-state index contributed by atoms with van der Waals surface area (Å²) in [7, 11) is -3.54. The molecule has 25 heavy (non-hydrogen) atoms. The highest BCUT2D eigenvalue weighted by Gasteiger charge is 2.37. The highest BCUT2D eigenvalue weighted by atomic mass is 32.4. The molecule has 2 aromatic rings. The summed E-state index contributed by atoms with van der Waals surface area (Å²) in [6, 6.07) is 18.2. The minimum Gasteiger partial charge on any atom is -0.262 e. The molecule has 2 unspecified atom stereocenters. The number of benzene rings is 2. The maximum Gasteiger partial charge on any atom is 0.264 e. The van der Waals surface area contributed by atoms with E-state index in [9.17, 15) is 8.42 Å². The van der Waals surface area contributed by atoms with Gasteiger partial charge >= 0.3 is 0 Å². The van der Waals surface area contributed by atoms with E-state index in [4.69, 9.17) is 16.0 Å². The maximum absolute atomic E-state index is 11.8. The minimum atomic E-state index is -3.54. The van der Waals surface area contributed by atoms with E-state index in [1.54, 1.807) is 0 Å². The Hall–Kier alpha value is -1.00. The molecule has 0 amide bonds. The van der Waals surface area contributed by atoms with Crippen LogP contribution in [0.25, 0.3) is 0 Å². The SMILES string of the molecule is CS(=O)(=O)O[C@@H](CC1CCCP1(=S)c1ccccc1)c1ccccc1. The molecule has 1 saturated heterocycles. The Morgan fingerprint density at radius 1 is 1.12 bits per heavy atom. The van der Waals surface area contributed by atoms with Crippen LogP contribution in [0.5, 0.6) is 0 Å². The largest absolute Gasteiger partial charge is 0.264 e. The molecule has 1 aliphatic heterocycles. The first-order valence-corrected chi connectivity index (χ1v) is 13.3. The molecule has 6 heteroatoms. The monoisotopic (exact) mass is 394 g/mol. The van der Waals surface area contributed by atoms with Crippen LogP contribution in [-0.4, -0.2) is 26.5 Å². The third-order valence-electron chi connectivity index (χ3n) is 4.76. The third-order valence-corrected chi connectivity index (χ3v) is 11.2. The first kappa shape index (κ1) is 18.8. The molecular formula is C19H23O3PS2. The average Bonchev–Trinajstić information content (AvgIpc) is 2.97. The van der Waals surface area contributed by atoms with Crippen LogP contribution in [0.3, 0.4) is 0 Å². The summed E-state index contributed by atoms with van der Waals surface area (Å²) in [5.41, 5.74) is 1.21. The summed E-state index contributed by atoms with van der Waals surface area (Å²) >= 11 is 6.17. The van der Waals surface area contributed by atoms with Crippen LogP contribution < -0.4 is 5.30 Å². The zero-order chi connectivity index (χ0) is 17.9. The zero-order valence-corrected chi connectivity index (χ0v) is 16.8. The Labute approximate surface area is 155 Å². The summed E-state index contributed by atoms with van der Waals surface area (Å²) in [5.74, 6) is 0. The molecule has 0 bridgehead atoms. The predicted molar refractivity (Wildman–Crippen MR) is 108 cm³/mol. The van der Waals surface area contributed by atoms with Crippen LogP contribution in [0.15, 0.2) is 60.7 Å². The zero-order valence-electron chi connectivity index (χ0n) is 14.2. The summed E-state index contributed by atoms with van der Waals surface area (Å²) in [5, 5.41) is 1.26. The van der Waals surface area contributed by atoms with Crippen LogP contribution in [0.2, 0.25) is 0 Å². The molecule has 3 nitrogen and oxygen atoms in total. The van der Waals surface area contributed by atoms with Gasteiger partial charge in [-0.05, 0) is 48.0 Å². The van der Waals surface area contributed by atoms with Crippen molar-refractivity contribution in [2.45, 2.75) is 31.0 Å². The standard InChI is InChI=1S/C19H23O3PS2/c1-25(20,21)22-19(16-9-4-2-5-10-16)15-18-13-8-14-23(18,24)17-11-6-3-7-12-17/h2-7,9-12,18-19H,8,13-15H2,1H3/t18?,19-,23?/m0/s1. The summed E-state index contributed by atoms with van der Waals surface area (Å²) in [6.07, 6.45) is 4.51. The summed E-state index contributed by atoms with van der Waals surface area (Å²) in [4.78, 5) is 0. The van der Waals surface area contributed by atoms with Gasteiger partial charge in [-0.15, -0.1) is 0 Å². The van der Waals surface area contributed by atoms with Crippen molar-refractivity contribution in [2.24, 2.45) is 0 Å². The molecule has 1 heterocycles. The Balaban J connectivity index is 1.89. The van der Waals surface area contributed by atoms with Crippen LogP contribution in [-0.2, 0) is 26.1 Å². The van der Waals surface area contributed by atoms with Gasteiger partial charge in [0.05, 0.1) is 6.26 Å². The molecule has 134 valence electrons. The first-order valence-electron chi connectivity index (χ1n) is 8.46. The van der Waals surface area contributed by atoms with Crippen LogP contribution in [0, 0.1) is 0 Å². The lowest BCUT2D eigenvalue weighted by Crippen LogP contribution is -2.20. The molecular weight excluding hydrogens is 371 g/mol. The smallest absolute Gasteiger partial charge is 0.262 e. The van der Waals surface area contributed by atoms with Gasteiger partial charge in [0.15, 0.2) is 0 Å². The molecule has 0 aliphatic carbocycles.